The molecule has 0 amide bonds. The van der Waals surface area contributed by atoms with Crippen molar-refractivity contribution in [3.05, 3.63) is 34.9 Å². The SMILES string of the molecule is CC(F)c1ccc2c(c1)CNCCC2. The number of halogens is 1. The summed E-state index contributed by atoms with van der Waals surface area (Å²) in [6.45, 7) is 3.54. The van der Waals surface area contributed by atoms with Gasteiger partial charge < -0.3 is 5.32 Å². The Hall–Kier alpha value is -0.890. The van der Waals surface area contributed by atoms with Crippen molar-refractivity contribution in [1.29, 1.82) is 0 Å². The van der Waals surface area contributed by atoms with Crippen LogP contribution in [0.1, 0.15) is 36.2 Å². The Labute approximate surface area is 84.3 Å². The van der Waals surface area contributed by atoms with Gasteiger partial charge in [-0.25, -0.2) is 4.39 Å². The van der Waals surface area contributed by atoms with E-state index in [2.05, 4.69) is 11.4 Å². The summed E-state index contributed by atoms with van der Waals surface area (Å²) >= 11 is 0. The second-order valence-electron chi connectivity index (χ2n) is 3.92. The standard InChI is InChI=1S/C12H16FN/c1-9(13)11-5-4-10-3-2-6-14-8-12(10)7-11/h4-5,7,9,14H,2-3,6,8H2,1H3. The van der Waals surface area contributed by atoms with E-state index in [0.29, 0.717) is 0 Å². The highest BCUT2D eigenvalue weighted by Gasteiger charge is 2.10. The minimum absolute atomic E-state index is 0.799. The molecule has 1 nitrogen and oxygen atoms in total. The summed E-state index contributed by atoms with van der Waals surface area (Å²) < 4.78 is 13.1. The molecule has 0 spiro atoms. The molecule has 14 heavy (non-hydrogen) atoms. The van der Waals surface area contributed by atoms with Gasteiger partial charge in [0.15, 0.2) is 0 Å². The predicted octanol–water partition coefficient (Wildman–Crippen LogP) is 2.75. The molecule has 2 rings (SSSR count). The van der Waals surface area contributed by atoms with Crippen LogP contribution in [0.25, 0.3) is 0 Å². The molecule has 0 radical (unpaired) electrons. The van der Waals surface area contributed by atoms with Crippen LogP contribution in [0, 0.1) is 0 Å². The van der Waals surface area contributed by atoms with Gasteiger partial charge in [0.05, 0.1) is 0 Å². The molecule has 1 atom stereocenters. The number of fused-ring (bicyclic) bond motifs is 1. The van der Waals surface area contributed by atoms with E-state index in [1.54, 1.807) is 6.92 Å². The highest BCUT2D eigenvalue weighted by molar-refractivity contribution is 5.33. The Morgan fingerprint density at radius 1 is 1.36 bits per heavy atom. The van der Waals surface area contributed by atoms with Gasteiger partial charge in [0, 0.05) is 6.54 Å². The number of rotatable bonds is 1. The summed E-state index contributed by atoms with van der Waals surface area (Å²) in [5.74, 6) is 0. The van der Waals surface area contributed by atoms with Crippen LogP contribution in [0.15, 0.2) is 18.2 Å². The first-order chi connectivity index (χ1) is 6.77. The molecule has 1 aromatic carbocycles. The Bertz CT molecular complexity index is 320. The molecule has 0 saturated heterocycles. The number of hydrogen-bond donors (Lipinski definition) is 1. The van der Waals surface area contributed by atoms with Crippen LogP contribution in [0.2, 0.25) is 0 Å². The van der Waals surface area contributed by atoms with E-state index in [0.717, 1.165) is 25.1 Å². The zero-order valence-corrected chi connectivity index (χ0v) is 8.52. The maximum atomic E-state index is 13.1. The zero-order chi connectivity index (χ0) is 9.97. The fraction of sp³-hybridized carbons (Fsp3) is 0.500. The molecule has 1 aromatic rings. The van der Waals surface area contributed by atoms with Crippen LogP contribution in [-0.4, -0.2) is 6.54 Å². The number of benzene rings is 1. The van der Waals surface area contributed by atoms with Crippen molar-refractivity contribution in [1.82, 2.24) is 5.32 Å². The smallest absolute Gasteiger partial charge is 0.122 e. The van der Waals surface area contributed by atoms with E-state index in [1.165, 1.54) is 17.5 Å². The predicted molar refractivity (Wildman–Crippen MR) is 56.0 cm³/mol. The van der Waals surface area contributed by atoms with Crippen molar-refractivity contribution in [2.75, 3.05) is 6.54 Å². The van der Waals surface area contributed by atoms with Crippen LogP contribution in [-0.2, 0) is 13.0 Å². The lowest BCUT2D eigenvalue weighted by atomic mass is 10.00. The Balaban J connectivity index is 2.32. The molecular formula is C12H16FN. The second-order valence-corrected chi connectivity index (χ2v) is 3.92. The quantitative estimate of drug-likeness (QED) is 0.723. The highest BCUT2D eigenvalue weighted by atomic mass is 19.1. The summed E-state index contributed by atoms with van der Waals surface area (Å²) in [4.78, 5) is 0. The Kier molecular flexibility index (Phi) is 2.82. The van der Waals surface area contributed by atoms with E-state index in [9.17, 15) is 4.39 Å². The number of hydrogen-bond acceptors (Lipinski definition) is 1. The van der Waals surface area contributed by atoms with Crippen molar-refractivity contribution < 1.29 is 4.39 Å². The van der Waals surface area contributed by atoms with Gasteiger partial charge in [-0.15, -0.1) is 0 Å². The third-order valence-corrected chi connectivity index (χ3v) is 2.80. The van der Waals surface area contributed by atoms with Gasteiger partial charge in [0.2, 0.25) is 0 Å². The third-order valence-electron chi connectivity index (χ3n) is 2.80. The summed E-state index contributed by atoms with van der Waals surface area (Å²) in [5, 5.41) is 3.35. The summed E-state index contributed by atoms with van der Waals surface area (Å²) in [5.41, 5.74) is 3.44. The molecular weight excluding hydrogens is 177 g/mol. The number of aryl methyl sites for hydroxylation is 1. The van der Waals surface area contributed by atoms with E-state index < -0.39 is 6.17 Å². The van der Waals surface area contributed by atoms with Crippen molar-refractivity contribution in [3.63, 3.8) is 0 Å². The third kappa shape index (κ3) is 1.95. The first kappa shape index (κ1) is 9.66. The zero-order valence-electron chi connectivity index (χ0n) is 8.52. The molecule has 1 aliphatic heterocycles. The maximum Gasteiger partial charge on any atom is 0.122 e. The van der Waals surface area contributed by atoms with Crippen molar-refractivity contribution in [2.24, 2.45) is 0 Å². The van der Waals surface area contributed by atoms with E-state index in [-0.39, 0.29) is 0 Å². The average Bonchev–Trinajstić information content (AvgIpc) is 2.41. The van der Waals surface area contributed by atoms with Crippen LogP contribution < -0.4 is 5.32 Å². The molecule has 2 heteroatoms. The molecule has 1 N–H and O–H groups in total. The molecule has 76 valence electrons. The maximum absolute atomic E-state index is 13.1. The summed E-state index contributed by atoms with van der Waals surface area (Å²) in [6.07, 6.45) is 1.43. The first-order valence-electron chi connectivity index (χ1n) is 5.24. The van der Waals surface area contributed by atoms with Gasteiger partial charge in [-0.1, -0.05) is 18.2 Å². The Morgan fingerprint density at radius 2 is 2.21 bits per heavy atom. The van der Waals surface area contributed by atoms with E-state index in [1.807, 2.05) is 12.1 Å². The topological polar surface area (TPSA) is 12.0 Å². The van der Waals surface area contributed by atoms with Crippen LogP contribution >= 0.6 is 0 Å². The molecule has 0 fully saturated rings. The second kappa shape index (κ2) is 4.09. The molecule has 1 unspecified atom stereocenters. The normalized spacial score (nSPS) is 18.4. The fourth-order valence-corrected chi connectivity index (χ4v) is 1.93. The lowest BCUT2D eigenvalue weighted by Gasteiger charge is -2.09. The van der Waals surface area contributed by atoms with Crippen molar-refractivity contribution >= 4 is 0 Å². The molecule has 1 aliphatic rings. The minimum atomic E-state index is -0.858. The fourth-order valence-electron chi connectivity index (χ4n) is 1.93. The first-order valence-corrected chi connectivity index (χ1v) is 5.24. The van der Waals surface area contributed by atoms with E-state index in [4.69, 9.17) is 0 Å². The lowest BCUT2D eigenvalue weighted by Crippen LogP contribution is -2.12. The van der Waals surface area contributed by atoms with Gasteiger partial charge in [0.25, 0.3) is 0 Å². The van der Waals surface area contributed by atoms with Gasteiger partial charge in [-0.3, -0.25) is 0 Å². The minimum Gasteiger partial charge on any atom is -0.313 e. The highest BCUT2D eigenvalue weighted by Crippen LogP contribution is 2.22. The molecule has 0 aromatic heterocycles. The Morgan fingerprint density at radius 3 is 3.00 bits per heavy atom. The van der Waals surface area contributed by atoms with Crippen LogP contribution in [0.5, 0.6) is 0 Å². The molecule has 1 heterocycles. The van der Waals surface area contributed by atoms with Crippen LogP contribution in [0.4, 0.5) is 4.39 Å². The number of alkyl halides is 1. The summed E-state index contributed by atoms with van der Waals surface area (Å²) in [7, 11) is 0. The van der Waals surface area contributed by atoms with Gasteiger partial charge in [0.1, 0.15) is 6.17 Å². The summed E-state index contributed by atoms with van der Waals surface area (Å²) in [6, 6.07) is 5.99. The van der Waals surface area contributed by atoms with E-state index >= 15 is 0 Å². The largest absolute Gasteiger partial charge is 0.313 e. The molecule has 0 aliphatic carbocycles. The number of nitrogens with one attached hydrogen (secondary N) is 1. The molecule has 0 bridgehead atoms. The lowest BCUT2D eigenvalue weighted by molar-refractivity contribution is 0.374. The monoisotopic (exact) mass is 193 g/mol. The van der Waals surface area contributed by atoms with Gasteiger partial charge in [-0.2, -0.15) is 0 Å². The average molecular weight is 193 g/mol. The van der Waals surface area contributed by atoms with Crippen molar-refractivity contribution in [3.8, 4) is 0 Å². The molecule has 0 saturated carbocycles. The van der Waals surface area contributed by atoms with Gasteiger partial charge in [-0.05, 0) is 43.0 Å². The van der Waals surface area contributed by atoms with Crippen LogP contribution in [0.3, 0.4) is 0 Å². The van der Waals surface area contributed by atoms with Gasteiger partial charge >= 0.3 is 0 Å². The van der Waals surface area contributed by atoms with Crippen molar-refractivity contribution in [2.45, 2.75) is 32.5 Å².